The molecule has 0 aliphatic carbocycles. The second-order valence-electron chi connectivity index (χ2n) is 3.58. The Morgan fingerprint density at radius 3 is 1.78 bits per heavy atom. The van der Waals surface area contributed by atoms with Crippen LogP contribution in [-0.4, -0.2) is 5.78 Å². The molecule has 0 aliphatic rings. The predicted molar refractivity (Wildman–Crippen MR) is 76.4 cm³/mol. The minimum atomic E-state index is -0.265. The van der Waals surface area contributed by atoms with Crippen LogP contribution >= 0.6 is 46.4 Å². The molecule has 0 aromatic heterocycles. The molecule has 0 saturated heterocycles. The normalized spacial score (nSPS) is 10.4. The summed E-state index contributed by atoms with van der Waals surface area (Å²) in [6.07, 6.45) is 0. The summed E-state index contributed by atoms with van der Waals surface area (Å²) >= 11 is 23.6. The summed E-state index contributed by atoms with van der Waals surface area (Å²) in [5.74, 6) is -0.265. The van der Waals surface area contributed by atoms with E-state index in [4.69, 9.17) is 46.4 Å². The molecule has 5 heteroatoms. The summed E-state index contributed by atoms with van der Waals surface area (Å²) in [5.41, 5.74) is 0.704. The highest BCUT2D eigenvalue weighted by molar-refractivity contribution is 6.43. The highest BCUT2D eigenvalue weighted by Crippen LogP contribution is 2.31. The molecule has 92 valence electrons. The fraction of sp³-hybridized carbons (Fsp3) is 0. The maximum Gasteiger partial charge on any atom is 0.196 e. The molecule has 0 bridgehead atoms. The van der Waals surface area contributed by atoms with Crippen LogP contribution in [0.25, 0.3) is 0 Å². The van der Waals surface area contributed by atoms with E-state index in [1.807, 2.05) is 0 Å². The minimum absolute atomic E-state index is 0.229. The first kappa shape index (κ1) is 13.7. The van der Waals surface area contributed by atoms with Gasteiger partial charge in [-0.05, 0) is 36.4 Å². The number of rotatable bonds is 2. The molecule has 0 heterocycles. The second-order valence-corrected chi connectivity index (χ2v) is 5.27. The van der Waals surface area contributed by atoms with Gasteiger partial charge >= 0.3 is 0 Å². The Morgan fingerprint density at radius 2 is 1.28 bits per heavy atom. The molecule has 2 rings (SSSR count). The van der Waals surface area contributed by atoms with Crippen LogP contribution in [0.2, 0.25) is 20.1 Å². The van der Waals surface area contributed by atoms with Crippen molar-refractivity contribution in [3.63, 3.8) is 0 Å². The van der Waals surface area contributed by atoms with Crippen molar-refractivity contribution in [2.75, 3.05) is 0 Å². The summed E-state index contributed by atoms with van der Waals surface area (Å²) in [7, 11) is 0. The third kappa shape index (κ3) is 2.81. The second kappa shape index (κ2) is 5.50. The van der Waals surface area contributed by atoms with Gasteiger partial charge in [-0.3, -0.25) is 4.79 Å². The lowest BCUT2D eigenvalue weighted by atomic mass is 10.0. The SMILES string of the molecule is O=C(c1ccc(Cl)cc1)c1c(Cl)cc(Cl)cc1Cl. The van der Waals surface area contributed by atoms with E-state index in [0.717, 1.165) is 0 Å². The number of ketones is 1. The van der Waals surface area contributed by atoms with Gasteiger partial charge in [-0.25, -0.2) is 0 Å². The van der Waals surface area contributed by atoms with E-state index in [0.29, 0.717) is 15.6 Å². The zero-order valence-electron chi connectivity index (χ0n) is 8.88. The van der Waals surface area contributed by atoms with E-state index in [1.165, 1.54) is 12.1 Å². The van der Waals surface area contributed by atoms with Crippen molar-refractivity contribution in [2.45, 2.75) is 0 Å². The van der Waals surface area contributed by atoms with Crippen molar-refractivity contribution in [1.82, 2.24) is 0 Å². The standard InChI is InChI=1S/C13H6Cl4O/c14-8-3-1-7(2-4-8)13(18)12-10(16)5-9(15)6-11(12)17/h1-6H. The molecule has 0 radical (unpaired) electrons. The maximum atomic E-state index is 12.3. The van der Waals surface area contributed by atoms with Crippen molar-refractivity contribution in [3.8, 4) is 0 Å². The summed E-state index contributed by atoms with van der Waals surface area (Å²) in [6.45, 7) is 0. The Balaban J connectivity index is 2.49. The van der Waals surface area contributed by atoms with E-state index in [2.05, 4.69) is 0 Å². The van der Waals surface area contributed by atoms with Crippen molar-refractivity contribution in [3.05, 3.63) is 67.6 Å². The first-order chi connectivity index (χ1) is 8.49. The fourth-order valence-corrected chi connectivity index (χ4v) is 2.62. The molecule has 18 heavy (non-hydrogen) atoms. The summed E-state index contributed by atoms with van der Waals surface area (Å²) < 4.78 is 0. The molecule has 0 saturated carbocycles. The van der Waals surface area contributed by atoms with Gasteiger partial charge in [0.2, 0.25) is 0 Å². The highest BCUT2D eigenvalue weighted by atomic mass is 35.5. The van der Waals surface area contributed by atoms with Gasteiger partial charge in [0.25, 0.3) is 0 Å². The van der Waals surface area contributed by atoms with E-state index in [1.54, 1.807) is 24.3 Å². The topological polar surface area (TPSA) is 17.1 Å². The number of hydrogen-bond acceptors (Lipinski definition) is 1. The van der Waals surface area contributed by atoms with E-state index < -0.39 is 0 Å². The van der Waals surface area contributed by atoms with Crippen LogP contribution in [0.15, 0.2) is 36.4 Å². The van der Waals surface area contributed by atoms with Gasteiger partial charge in [0.15, 0.2) is 5.78 Å². The quantitative estimate of drug-likeness (QED) is 0.665. The van der Waals surface area contributed by atoms with Crippen LogP contribution in [0.5, 0.6) is 0 Å². The molecule has 0 fully saturated rings. The van der Waals surface area contributed by atoms with Gasteiger partial charge in [0, 0.05) is 15.6 Å². The van der Waals surface area contributed by atoms with Crippen LogP contribution in [0.4, 0.5) is 0 Å². The fourth-order valence-electron chi connectivity index (χ4n) is 1.50. The third-order valence-electron chi connectivity index (χ3n) is 2.34. The van der Waals surface area contributed by atoms with Crippen LogP contribution in [0.3, 0.4) is 0 Å². The number of benzene rings is 2. The number of halogens is 4. The van der Waals surface area contributed by atoms with Gasteiger partial charge in [-0.2, -0.15) is 0 Å². The molecule has 1 nitrogen and oxygen atoms in total. The average molecular weight is 320 g/mol. The van der Waals surface area contributed by atoms with Gasteiger partial charge < -0.3 is 0 Å². The molecule has 0 atom stereocenters. The number of carbonyl (C=O) groups excluding carboxylic acids is 1. The summed E-state index contributed by atoms with van der Waals surface area (Å²) in [5, 5.41) is 1.40. The lowest BCUT2D eigenvalue weighted by Gasteiger charge is -2.07. The van der Waals surface area contributed by atoms with Crippen molar-refractivity contribution in [2.24, 2.45) is 0 Å². The van der Waals surface area contributed by atoms with Crippen molar-refractivity contribution in [1.29, 1.82) is 0 Å². The monoisotopic (exact) mass is 318 g/mol. The zero-order chi connectivity index (χ0) is 13.3. The Bertz CT molecular complexity index is 582. The number of carbonyl (C=O) groups is 1. The molecule has 0 N–H and O–H groups in total. The highest BCUT2D eigenvalue weighted by Gasteiger charge is 2.17. The molecule has 2 aromatic carbocycles. The number of hydrogen-bond donors (Lipinski definition) is 0. The summed E-state index contributed by atoms with van der Waals surface area (Å²) in [4.78, 5) is 12.3. The van der Waals surface area contributed by atoms with E-state index in [9.17, 15) is 4.79 Å². The van der Waals surface area contributed by atoms with Crippen LogP contribution in [-0.2, 0) is 0 Å². The molecular weight excluding hydrogens is 314 g/mol. The molecular formula is C13H6Cl4O. The summed E-state index contributed by atoms with van der Waals surface area (Å²) in [6, 6.07) is 9.47. The largest absolute Gasteiger partial charge is 0.288 e. The van der Waals surface area contributed by atoms with Gasteiger partial charge in [-0.1, -0.05) is 46.4 Å². The Kier molecular flexibility index (Phi) is 4.18. The van der Waals surface area contributed by atoms with E-state index in [-0.39, 0.29) is 21.4 Å². The molecule has 0 aliphatic heterocycles. The predicted octanol–water partition coefficient (Wildman–Crippen LogP) is 5.53. The minimum Gasteiger partial charge on any atom is -0.288 e. The molecule has 0 unspecified atom stereocenters. The van der Waals surface area contributed by atoms with E-state index >= 15 is 0 Å². The zero-order valence-corrected chi connectivity index (χ0v) is 11.9. The van der Waals surface area contributed by atoms with Gasteiger partial charge in [0.05, 0.1) is 15.6 Å². The van der Waals surface area contributed by atoms with Crippen LogP contribution in [0.1, 0.15) is 15.9 Å². The van der Waals surface area contributed by atoms with Crippen molar-refractivity contribution >= 4 is 52.2 Å². The third-order valence-corrected chi connectivity index (χ3v) is 3.41. The lowest BCUT2D eigenvalue weighted by molar-refractivity contribution is 0.103. The molecule has 0 spiro atoms. The van der Waals surface area contributed by atoms with Crippen LogP contribution in [0, 0.1) is 0 Å². The first-order valence-electron chi connectivity index (χ1n) is 4.94. The average Bonchev–Trinajstić information content (AvgIpc) is 2.28. The molecule has 0 amide bonds. The Morgan fingerprint density at radius 1 is 0.778 bits per heavy atom. The van der Waals surface area contributed by atoms with Crippen molar-refractivity contribution < 1.29 is 4.79 Å². The van der Waals surface area contributed by atoms with Crippen LogP contribution < -0.4 is 0 Å². The Hall–Kier alpha value is -0.730. The first-order valence-corrected chi connectivity index (χ1v) is 6.45. The smallest absolute Gasteiger partial charge is 0.196 e. The Labute approximate surface area is 124 Å². The maximum absolute atomic E-state index is 12.3. The lowest BCUT2D eigenvalue weighted by Crippen LogP contribution is -2.03. The van der Waals surface area contributed by atoms with Gasteiger partial charge in [0.1, 0.15) is 0 Å². The molecule has 2 aromatic rings. The van der Waals surface area contributed by atoms with Gasteiger partial charge in [-0.15, -0.1) is 0 Å².